The molecule has 126 valence electrons. The summed E-state index contributed by atoms with van der Waals surface area (Å²) in [6, 6.07) is 1.84. The number of hydrogen-bond donors (Lipinski definition) is 1. The average molecular weight is 347 g/mol. The summed E-state index contributed by atoms with van der Waals surface area (Å²) in [5.74, 6) is -0.178. The molecule has 0 unspecified atom stereocenters. The van der Waals surface area contributed by atoms with Gasteiger partial charge in [-0.15, -0.1) is 0 Å². The lowest BCUT2D eigenvalue weighted by Crippen LogP contribution is -2.71. The number of alkyl halides is 3. The highest BCUT2D eigenvalue weighted by atomic mass is 32.2. The van der Waals surface area contributed by atoms with Crippen LogP contribution in [0, 0.1) is 5.41 Å². The van der Waals surface area contributed by atoms with Crippen LogP contribution in [0.25, 0.3) is 0 Å². The van der Waals surface area contributed by atoms with Gasteiger partial charge >= 0.3 is 6.18 Å². The van der Waals surface area contributed by atoms with Gasteiger partial charge in [0.05, 0.1) is 5.69 Å². The van der Waals surface area contributed by atoms with Gasteiger partial charge in [-0.25, -0.2) is 13.4 Å². The summed E-state index contributed by atoms with van der Waals surface area (Å²) in [6.07, 6.45) is -3.19. The first-order valence-corrected chi connectivity index (χ1v) is 8.94. The molecule has 3 heterocycles. The molecular formula is C14H16F3N3O2S. The fourth-order valence-corrected chi connectivity index (χ4v) is 5.08. The van der Waals surface area contributed by atoms with E-state index in [-0.39, 0.29) is 21.9 Å². The second kappa shape index (κ2) is 4.67. The SMILES string of the molecule is O=S(=O)(c1ccc(C(F)(F)F)nc1C1CC1)N1CC2(CNC2)C1. The van der Waals surface area contributed by atoms with Gasteiger partial charge in [-0.1, -0.05) is 0 Å². The molecule has 0 atom stereocenters. The van der Waals surface area contributed by atoms with Crippen LogP contribution in [-0.4, -0.2) is 43.9 Å². The van der Waals surface area contributed by atoms with E-state index >= 15 is 0 Å². The summed E-state index contributed by atoms with van der Waals surface area (Å²) < 4.78 is 65.4. The van der Waals surface area contributed by atoms with Crippen molar-refractivity contribution in [3.63, 3.8) is 0 Å². The third kappa shape index (κ3) is 2.45. The van der Waals surface area contributed by atoms with Gasteiger partial charge in [0.1, 0.15) is 10.6 Å². The number of hydrogen-bond acceptors (Lipinski definition) is 4. The van der Waals surface area contributed by atoms with Crippen LogP contribution in [0.5, 0.6) is 0 Å². The molecule has 1 spiro atoms. The van der Waals surface area contributed by atoms with Gasteiger partial charge in [0.2, 0.25) is 10.0 Å². The summed E-state index contributed by atoms with van der Waals surface area (Å²) in [4.78, 5) is 3.58. The molecule has 3 fully saturated rings. The van der Waals surface area contributed by atoms with Gasteiger partial charge in [0, 0.05) is 37.5 Å². The Balaban J connectivity index is 1.68. The largest absolute Gasteiger partial charge is 0.433 e. The predicted octanol–water partition coefficient (Wildman–Crippen LogP) is 1.57. The molecular weight excluding hydrogens is 331 g/mol. The second-order valence-electron chi connectivity index (χ2n) is 6.73. The van der Waals surface area contributed by atoms with Gasteiger partial charge in [0.25, 0.3) is 0 Å². The number of halogens is 3. The molecule has 0 radical (unpaired) electrons. The molecule has 0 amide bonds. The van der Waals surface area contributed by atoms with Crippen molar-refractivity contribution >= 4 is 10.0 Å². The highest BCUT2D eigenvalue weighted by molar-refractivity contribution is 7.89. The quantitative estimate of drug-likeness (QED) is 0.902. The van der Waals surface area contributed by atoms with Crippen LogP contribution in [0.4, 0.5) is 13.2 Å². The average Bonchev–Trinajstić information content (AvgIpc) is 3.17. The smallest absolute Gasteiger partial charge is 0.315 e. The summed E-state index contributed by atoms with van der Waals surface area (Å²) in [5, 5.41) is 3.12. The molecule has 0 aromatic carbocycles. The number of sulfonamides is 1. The predicted molar refractivity (Wildman–Crippen MR) is 75.3 cm³/mol. The number of nitrogens with zero attached hydrogens (tertiary/aromatic N) is 2. The van der Waals surface area contributed by atoms with Crippen LogP contribution in [-0.2, 0) is 16.2 Å². The lowest BCUT2D eigenvalue weighted by molar-refractivity contribution is -0.141. The van der Waals surface area contributed by atoms with Gasteiger partial charge in [-0.2, -0.15) is 17.5 Å². The van der Waals surface area contributed by atoms with E-state index in [0.29, 0.717) is 25.9 Å². The van der Waals surface area contributed by atoms with Crippen molar-refractivity contribution in [2.45, 2.75) is 29.8 Å². The molecule has 4 rings (SSSR count). The first kappa shape index (κ1) is 15.3. The highest BCUT2D eigenvalue weighted by Gasteiger charge is 2.52. The Labute approximate surface area is 131 Å². The molecule has 9 heteroatoms. The molecule has 1 aromatic heterocycles. The van der Waals surface area contributed by atoms with E-state index in [1.165, 1.54) is 4.31 Å². The first-order chi connectivity index (χ1) is 10.7. The van der Waals surface area contributed by atoms with E-state index in [9.17, 15) is 21.6 Å². The van der Waals surface area contributed by atoms with Crippen LogP contribution in [0.15, 0.2) is 17.0 Å². The van der Waals surface area contributed by atoms with E-state index in [1.54, 1.807) is 0 Å². The van der Waals surface area contributed by atoms with Crippen molar-refractivity contribution in [2.75, 3.05) is 26.2 Å². The minimum Gasteiger partial charge on any atom is -0.315 e. The van der Waals surface area contributed by atoms with Crippen molar-refractivity contribution in [3.8, 4) is 0 Å². The zero-order chi connectivity index (χ0) is 16.5. The zero-order valence-corrected chi connectivity index (χ0v) is 13.0. The molecule has 3 aliphatic rings. The van der Waals surface area contributed by atoms with Crippen molar-refractivity contribution in [2.24, 2.45) is 5.41 Å². The molecule has 1 N–H and O–H groups in total. The molecule has 5 nitrogen and oxygen atoms in total. The number of aromatic nitrogens is 1. The van der Waals surface area contributed by atoms with Gasteiger partial charge in [-0.3, -0.25) is 0 Å². The molecule has 0 bridgehead atoms. The maximum Gasteiger partial charge on any atom is 0.433 e. The van der Waals surface area contributed by atoms with Crippen LogP contribution >= 0.6 is 0 Å². The van der Waals surface area contributed by atoms with E-state index in [1.807, 2.05) is 0 Å². The lowest BCUT2D eigenvalue weighted by atomic mass is 9.76. The normalized spacial score (nSPS) is 24.3. The van der Waals surface area contributed by atoms with Gasteiger partial charge in [-0.05, 0) is 25.0 Å². The van der Waals surface area contributed by atoms with Gasteiger partial charge < -0.3 is 5.32 Å². The molecule has 1 aromatic rings. The Morgan fingerprint density at radius 1 is 1.22 bits per heavy atom. The highest BCUT2D eigenvalue weighted by Crippen LogP contribution is 2.45. The van der Waals surface area contributed by atoms with Crippen LogP contribution in [0.1, 0.15) is 30.1 Å². The van der Waals surface area contributed by atoms with E-state index < -0.39 is 21.9 Å². The Morgan fingerprint density at radius 3 is 2.35 bits per heavy atom. The number of pyridine rings is 1. The standard InChI is InChI=1S/C14H16F3N3O2S/c15-14(16,17)11-4-3-10(12(19-11)9-1-2-9)23(21,22)20-7-13(8-20)5-18-6-13/h3-4,9,18H,1-2,5-8H2. The Kier molecular flexibility index (Phi) is 3.12. The maximum atomic E-state index is 12.8. The second-order valence-corrected chi connectivity index (χ2v) is 8.63. The Bertz CT molecular complexity index is 747. The van der Waals surface area contributed by atoms with Crippen LogP contribution in [0.2, 0.25) is 0 Å². The monoisotopic (exact) mass is 347 g/mol. The summed E-state index contributed by atoms with van der Waals surface area (Å²) in [5.41, 5.74) is -0.930. The van der Waals surface area contributed by atoms with Gasteiger partial charge in [0.15, 0.2) is 0 Å². The van der Waals surface area contributed by atoms with E-state index in [4.69, 9.17) is 0 Å². The van der Waals surface area contributed by atoms with Crippen molar-refractivity contribution in [3.05, 3.63) is 23.5 Å². The Morgan fingerprint density at radius 2 is 1.87 bits per heavy atom. The summed E-state index contributed by atoms with van der Waals surface area (Å²) in [7, 11) is -3.77. The molecule has 1 saturated carbocycles. The third-order valence-corrected chi connectivity index (χ3v) is 6.62. The Hall–Kier alpha value is -1.19. The lowest BCUT2D eigenvalue weighted by Gasteiger charge is -2.55. The fraction of sp³-hybridized carbons (Fsp3) is 0.643. The molecule has 2 aliphatic heterocycles. The fourth-order valence-electron chi connectivity index (χ4n) is 3.20. The minimum atomic E-state index is -4.57. The topological polar surface area (TPSA) is 62.3 Å². The van der Waals surface area contributed by atoms with E-state index in [2.05, 4.69) is 10.3 Å². The molecule has 1 aliphatic carbocycles. The summed E-state index contributed by atoms with van der Waals surface area (Å²) in [6.45, 7) is 2.43. The maximum absolute atomic E-state index is 12.8. The van der Waals surface area contributed by atoms with Crippen LogP contribution < -0.4 is 5.32 Å². The van der Waals surface area contributed by atoms with Crippen molar-refractivity contribution in [1.82, 2.24) is 14.6 Å². The minimum absolute atomic E-state index is 0.0200. The number of nitrogens with one attached hydrogen (secondary N) is 1. The van der Waals surface area contributed by atoms with Crippen LogP contribution in [0.3, 0.4) is 0 Å². The van der Waals surface area contributed by atoms with E-state index in [0.717, 1.165) is 25.2 Å². The zero-order valence-electron chi connectivity index (χ0n) is 12.2. The third-order valence-electron chi connectivity index (χ3n) is 4.78. The number of rotatable bonds is 3. The molecule has 2 saturated heterocycles. The van der Waals surface area contributed by atoms with Crippen molar-refractivity contribution in [1.29, 1.82) is 0 Å². The van der Waals surface area contributed by atoms with Crippen molar-refractivity contribution < 1.29 is 21.6 Å². The summed E-state index contributed by atoms with van der Waals surface area (Å²) >= 11 is 0. The first-order valence-electron chi connectivity index (χ1n) is 7.50. The molecule has 23 heavy (non-hydrogen) atoms.